The van der Waals surface area contributed by atoms with Crippen molar-refractivity contribution < 1.29 is 13.4 Å². The lowest BCUT2D eigenvalue weighted by Crippen LogP contribution is -2.31. The molecule has 2 aliphatic carbocycles. The van der Waals surface area contributed by atoms with Gasteiger partial charge >= 0.3 is 0 Å². The van der Waals surface area contributed by atoms with Crippen LogP contribution in [0.2, 0.25) is 0 Å². The van der Waals surface area contributed by atoms with E-state index < -0.39 is 0 Å². The van der Waals surface area contributed by atoms with Crippen LogP contribution in [-0.2, 0) is 26.3 Å². The molecule has 2 aromatic heterocycles. The van der Waals surface area contributed by atoms with Crippen molar-refractivity contribution in [1.82, 2.24) is 0 Å². The van der Waals surface area contributed by atoms with E-state index >= 15 is 4.39 Å². The fourth-order valence-electron chi connectivity index (χ4n) is 7.90. The van der Waals surface area contributed by atoms with E-state index in [0.29, 0.717) is 17.1 Å². The first-order chi connectivity index (χ1) is 20.2. The van der Waals surface area contributed by atoms with Crippen molar-refractivity contribution in [1.29, 1.82) is 0 Å². The molecule has 2 nitrogen and oxygen atoms in total. The van der Waals surface area contributed by atoms with Gasteiger partial charge in [0.25, 0.3) is 0 Å². The molecule has 1 saturated carbocycles. The molecule has 7 rings (SSSR count). The molecule has 0 bridgehead atoms. The molecular formula is C39H43FNO+. The van der Waals surface area contributed by atoms with E-state index in [1.54, 1.807) is 6.07 Å². The third-order valence-electron chi connectivity index (χ3n) is 9.81. The molecule has 0 amide bonds. The summed E-state index contributed by atoms with van der Waals surface area (Å²) in [6.45, 7) is 8.98. The Kier molecular flexibility index (Phi) is 6.76. The first-order valence-corrected chi connectivity index (χ1v) is 16.0. The third kappa shape index (κ3) is 4.66. The van der Waals surface area contributed by atoms with E-state index in [1.807, 2.05) is 6.07 Å². The lowest BCUT2D eigenvalue weighted by molar-refractivity contribution is -0.660. The number of rotatable bonds is 4. The Bertz CT molecular complexity index is 1830. The molecule has 3 aromatic carbocycles. The fraction of sp³-hybridized carbons (Fsp3) is 0.410. The van der Waals surface area contributed by atoms with Crippen LogP contribution in [0.5, 0.6) is 0 Å². The van der Waals surface area contributed by atoms with Gasteiger partial charge in [-0.3, -0.25) is 0 Å². The van der Waals surface area contributed by atoms with Crippen molar-refractivity contribution >= 4 is 21.9 Å². The van der Waals surface area contributed by atoms with E-state index in [0.717, 1.165) is 64.4 Å². The van der Waals surface area contributed by atoms with Crippen molar-refractivity contribution in [2.75, 3.05) is 0 Å². The van der Waals surface area contributed by atoms with Crippen LogP contribution in [0.3, 0.4) is 0 Å². The average Bonchev–Trinajstić information content (AvgIpc) is 3.59. The zero-order valence-corrected chi connectivity index (χ0v) is 25.9. The average molecular weight is 561 g/mol. The second-order valence-corrected chi connectivity index (χ2v) is 14.2. The molecule has 0 N–H and O–H groups in total. The van der Waals surface area contributed by atoms with E-state index in [-0.39, 0.29) is 11.2 Å². The van der Waals surface area contributed by atoms with E-state index in [4.69, 9.17) is 4.42 Å². The highest BCUT2D eigenvalue weighted by Crippen LogP contribution is 2.46. The summed E-state index contributed by atoms with van der Waals surface area (Å²) in [5.41, 5.74) is 12.4. The summed E-state index contributed by atoms with van der Waals surface area (Å²) in [5, 5.41) is 2.03. The monoisotopic (exact) mass is 560 g/mol. The minimum Gasteiger partial charge on any atom is -0.454 e. The highest BCUT2D eigenvalue weighted by Gasteiger charge is 2.29. The SMILES string of the molecule is Cc1ccc2c(oc3c(-c4ccc(C5CCCCC5)c5c4CCC5)c(F)ccc32)c1-c1cc(CC(C)(C)C)cc[n+]1C. The van der Waals surface area contributed by atoms with Gasteiger partial charge in [-0.25, -0.2) is 8.96 Å². The van der Waals surface area contributed by atoms with Crippen LogP contribution in [0.4, 0.5) is 4.39 Å². The second kappa shape index (κ2) is 10.4. The molecule has 0 atom stereocenters. The summed E-state index contributed by atoms with van der Waals surface area (Å²) >= 11 is 0. The van der Waals surface area contributed by atoms with Crippen LogP contribution in [0.15, 0.2) is 59.1 Å². The van der Waals surface area contributed by atoms with Crippen LogP contribution >= 0.6 is 0 Å². The molecular weight excluding hydrogens is 517 g/mol. The molecule has 216 valence electrons. The highest BCUT2D eigenvalue weighted by atomic mass is 19.1. The molecule has 42 heavy (non-hydrogen) atoms. The number of hydrogen-bond acceptors (Lipinski definition) is 1. The van der Waals surface area contributed by atoms with Gasteiger partial charge in [0.2, 0.25) is 5.69 Å². The number of halogens is 1. The van der Waals surface area contributed by atoms with Crippen molar-refractivity contribution in [3.8, 4) is 22.4 Å². The zero-order chi connectivity index (χ0) is 29.2. The number of nitrogens with zero attached hydrogens (tertiary/aromatic N) is 1. The first kappa shape index (κ1) is 27.4. The summed E-state index contributed by atoms with van der Waals surface area (Å²) in [7, 11) is 2.10. The van der Waals surface area contributed by atoms with Gasteiger partial charge in [-0.05, 0) is 102 Å². The van der Waals surface area contributed by atoms with E-state index in [1.165, 1.54) is 54.4 Å². The van der Waals surface area contributed by atoms with Crippen LogP contribution in [0, 0.1) is 18.2 Å². The largest absolute Gasteiger partial charge is 0.454 e. The molecule has 5 aromatic rings. The smallest absolute Gasteiger partial charge is 0.216 e. The number of aryl methyl sites for hydroxylation is 2. The van der Waals surface area contributed by atoms with E-state index in [9.17, 15) is 0 Å². The molecule has 2 aliphatic rings. The van der Waals surface area contributed by atoms with Gasteiger partial charge in [0, 0.05) is 22.9 Å². The third-order valence-corrected chi connectivity index (χ3v) is 9.81. The minimum atomic E-state index is -0.197. The van der Waals surface area contributed by atoms with Gasteiger partial charge in [0.05, 0.1) is 11.1 Å². The Morgan fingerprint density at radius 3 is 2.31 bits per heavy atom. The van der Waals surface area contributed by atoms with Crippen LogP contribution in [-0.4, -0.2) is 0 Å². The predicted octanol–water partition coefficient (Wildman–Crippen LogP) is 10.3. The van der Waals surface area contributed by atoms with Crippen molar-refractivity contribution in [2.45, 2.75) is 91.4 Å². The Labute approximate surface area is 249 Å². The van der Waals surface area contributed by atoms with E-state index in [2.05, 4.69) is 81.9 Å². The Balaban J connectivity index is 1.43. The van der Waals surface area contributed by atoms with Gasteiger partial charge in [-0.15, -0.1) is 0 Å². The highest BCUT2D eigenvalue weighted by molar-refractivity contribution is 6.13. The second-order valence-electron chi connectivity index (χ2n) is 14.2. The lowest BCUT2D eigenvalue weighted by Gasteiger charge is -2.25. The first-order valence-electron chi connectivity index (χ1n) is 16.0. The number of aromatic nitrogens is 1. The summed E-state index contributed by atoms with van der Waals surface area (Å²) in [5.74, 6) is 0.462. The standard InChI is InChI=1S/C39H43FNO/c1-24-14-15-31-32-18-19-33(40)36(30-17-16-27(26-10-7-6-8-11-26)28-12-9-13-29(28)30)38(32)42-37(31)35(24)34-22-25(20-21-41(34)5)23-39(2,3)4/h14-22,26H,6-13,23H2,1-5H3/q+1. The Morgan fingerprint density at radius 2 is 1.55 bits per heavy atom. The maximum Gasteiger partial charge on any atom is 0.216 e. The number of furan rings is 1. The number of fused-ring (bicyclic) bond motifs is 4. The van der Waals surface area contributed by atoms with Gasteiger partial charge in [0.1, 0.15) is 24.0 Å². The lowest BCUT2D eigenvalue weighted by atomic mass is 9.80. The van der Waals surface area contributed by atoms with Crippen molar-refractivity contribution in [3.05, 3.63) is 88.4 Å². The number of benzene rings is 3. The number of hydrogen-bond donors (Lipinski definition) is 0. The van der Waals surface area contributed by atoms with Gasteiger partial charge in [-0.1, -0.05) is 64.3 Å². The van der Waals surface area contributed by atoms with Crippen molar-refractivity contribution in [3.63, 3.8) is 0 Å². The topological polar surface area (TPSA) is 17.0 Å². The zero-order valence-electron chi connectivity index (χ0n) is 25.9. The molecule has 3 heteroatoms. The van der Waals surface area contributed by atoms with Crippen molar-refractivity contribution in [2.24, 2.45) is 12.5 Å². The summed E-state index contributed by atoms with van der Waals surface area (Å²) < 4.78 is 25.0. The molecule has 0 unspecified atom stereocenters. The maximum absolute atomic E-state index is 16.0. The van der Waals surface area contributed by atoms with Crippen LogP contribution < -0.4 is 4.57 Å². The van der Waals surface area contributed by atoms with Gasteiger partial charge in [0.15, 0.2) is 6.20 Å². The summed E-state index contributed by atoms with van der Waals surface area (Å²) in [6.07, 6.45) is 13.0. The minimum absolute atomic E-state index is 0.191. The molecule has 0 saturated heterocycles. The molecule has 0 spiro atoms. The van der Waals surface area contributed by atoms with Crippen LogP contribution in [0.25, 0.3) is 44.3 Å². The normalized spacial score (nSPS) is 16.0. The Morgan fingerprint density at radius 1 is 0.833 bits per heavy atom. The van der Waals surface area contributed by atoms with Gasteiger partial charge in [-0.2, -0.15) is 0 Å². The Hall–Kier alpha value is -3.46. The molecule has 0 aliphatic heterocycles. The predicted molar refractivity (Wildman–Crippen MR) is 171 cm³/mol. The molecule has 1 fully saturated rings. The molecule has 2 heterocycles. The summed E-state index contributed by atoms with van der Waals surface area (Å²) in [4.78, 5) is 0. The fourth-order valence-corrected chi connectivity index (χ4v) is 7.90. The number of pyridine rings is 1. The molecule has 0 radical (unpaired) electrons. The summed E-state index contributed by atoms with van der Waals surface area (Å²) in [6, 6.07) is 16.9. The van der Waals surface area contributed by atoms with Gasteiger partial charge < -0.3 is 4.42 Å². The van der Waals surface area contributed by atoms with Crippen LogP contribution in [0.1, 0.15) is 93.0 Å². The maximum atomic E-state index is 16.0. The quantitative estimate of drug-likeness (QED) is 0.200.